The quantitative estimate of drug-likeness (QED) is 0.208. The predicted molar refractivity (Wildman–Crippen MR) is 117 cm³/mol. The Balaban J connectivity index is 5.40. The van der Waals surface area contributed by atoms with Gasteiger partial charge in [-0.15, -0.1) is 15.5 Å². The number of oxime groups is 3. The van der Waals surface area contributed by atoms with E-state index in [0.29, 0.717) is 23.8 Å². The van der Waals surface area contributed by atoms with Crippen LogP contribution in [-0.2, 0) is 13.6 Å². The van der Waals surface area contributed by atoms with Gasteiger partial charge in [-0.25, -0.2) is 0 Å². The van der Waals surface area contributed by atoms with Crippen molar-refractivity contribution in [1.29, 1.82) is 0 Å². The second-order valence-corrected chi connectivity index (χ2v) is 11.2. The Hall–Kier alpha value is -1.37. The van der Waals surface area contributed by atoms with Crippen molar-refractivity contribution in [3.63, 3.8) is 0 Å². The minimum atomic E-state index is -3.17. The van der Waals surface area contributed by atoms with Gasteiger partial charge in [0.15, 0.2) is 0 Å². The Bertz CT molecular complexity index is 445. The summed E-state index contributed by atoms with van der Waals surface area (Å²) in [5, 5.41) is 12.8. The van der Waals surface area contributed by atoms with E-state index in [1.165, 1.54) is 0 Å². The standard InChI is InChI=1S/C20H41N3O3Si/c1-11-27(24-21-18(8)12-15(2)3,25-22-19(9)13-16(4)5)26-23-20(10)14-17(6)7/h15-17H,11-14H2,1-10H3. The lowest BCUT2D eigenvalue weighted by Gasteiger charge is -2.21. The molecule has 0 aromatic carbocycles. The molecule has 0 heterocycles. The molecule has 0 aliphatic rings. The summed E-state index contributed by atoms with van der Waals surface area (Å²) in [6.45, 7) is 20.7. The molecule has 0 atom stereocenters. The van der Waals surface area contributed by atoms with Crippen LogP contribution < -0.4 is 0 Å². The van der Waals surface area contributed by atoms with Crippen LogP contribution in [0.1, 0.15) is 88.5 Å². The molecule has 27 heavy (non-hydrogen) atoms. The summed E-state index contributed by atoms with van der Waals surface area (Å²) in [6, 6.07) is 0.530. The molecule has 7 heteroatoms. The van der Waals surface area contributed by atoms with Crippen LogP contribution in [0.3, 0.4) is 0 Å². The first-order valence-electron chi connectivity index (χ1n) is 10.1. The summed E-state index contributed by atoms with van der Waals surface area (Å²) < 4.78 is 17.5. The van der Waals surface area contributed by atoms with Gasteiger partial charge < -0.3 is 13.6 Å². The maximum atomic E-state index is 5.82. The van der Waals surface area contributed by atoms with Crippen molar-refractivity contribution >= 4 is 25.9 Å². The summed E-state index contributed by atoms with van der Waals surface area (Å²) in [4.78, 5) is 0. The van der Waals surface area contributed by atoms with Crippen LogP contribution in [0.15, 0.2) is 15.5 Å². The van der Waals surface area contributed by atoms with Gasteiger partial charge in [0.05, 0.1) is 23.2 Å². The molecule has 0 saturated carbocycles. The molecule has 0 saturated heterocycles. The number of hydrogen-bond donors (Lipinski definition) is 0. The molecule has 0 unspecified atom stereocenters. The van der Waals surface area contributed by atoms with Gasteiger partial charge >= 0.3 is 8.80 Å². The first-order chi connectivity index (χ1) is 12.5. The summed E-state index contributed by atoms with van der Waals surface area (Å²) in [7, 11) is -3.17. The van der Waals surface area contributed by atoms with Crippen LogP contribution in [0, 0.1) is 17.8 Å². The smallest absolute Gasteiger partial charge is 0.373 e. The van der Waals surface area contributed by atoms with E-state index >= 15 is 0 Å². The lowest BCUT2D eigenvalue weighted by Crippen LogP contribution is -2.41. The van der Waals surface area contributed by atoms with Crippen molar-refractivity contribution in [2.24, 2.45) is 33.2 Å². The molecule has 0 fully saturated rings. The summed E-state index contributed by atoms with van der Waals surface area (Å²) >= 11 is 0. The van der Waals surface area contributed by atoms with Gasteiger partial charge in [-0.2, -0.15) is 0 Å². The molecule has 0 spiro atoms. The lowest BCUT2D eigenvalue weighted by atomic mass is 10.1. The molecule has 0 bridgehead atoms. The monoisotopic (exact) mass is 399 g/mol. The number of nitrogens with zero attached hydrogens (tertiary/aromatic N) is 3. The van der Waals surface area contributed by atoms with Gasteiger partial charge in [0.1, 0.15) is 0 Å². The highest BCUT2D eigenvalue weighted by Gasteiger charge is 2.50. The summed E-state index contributed by atoms with van der Waals surface area (Å²) in [5.41, 5.74) is 2.73. The predicted octanol–water partition coefficient (Wildman–Crippen LogP) is 6.26. The molecule has 0 amide bonds. The van der Waals surface area contributed by atoms with E-state index < -0.39 is 8.80 Å². The highest BCUT2D eigenvalue weighted by atomic mass is 28.4. The van der Waals surface area contributed by atoms with Gasteiger partial charge in [-0.1, -0.05) is 48.5 Å². The van der Waals surface area contributed by atoms with Crippen molar-refractivity contribution in [1.82, 2.24) is 0 Å². The third-order valence-electron chi connectivity index (χ3n) is 3.57. The van der Waals surface area contributed by atoms with Crippen molar-refractivity contribution in [3.8, 4) is 0 Å². The van der Waals surface area contributed by atoms with E-state index in [-0.39, 0.29) is 0 Å². The minimum Gasteiger partial charge on any atom is -0.373 e. The molecule has 158 valence electrons. The summed E-state index contributed by atoms with van der Waals surface area (Å²) in [5.74, 6) is 1.53. The van der Waals surface area contributed by atoms with Crippen LogP contribution in [0.5, 0.6) is 0 Å². The molecule has 6 nitrogen and oxygen atoms in total. The first kappa shape index (κ1) is 25.6. The van der Waals surface area contributed by atoms with Crippen molar-refractivity contribution < 1.29 is 13.6 Å². The van der Waals surface area contributed by atoms with E-state index in [0.717, 1.165) is 36.4 Å². The minimum absolute atomic E-state index is 0.509. The Morgan fingerprint density at radius 1 is 0.630 bits per heavy atom. The largest absolute Gasteiger partial charge is 0.762 e. The average molecular weight is 400 g/mol. The van der Waals surface area contributed by atoms with Crippen LogP contribution in [0.2, 0.25) is 6.04 Å². The van der Waals surface area contributed by atoms with Crippen molar-refractivity contribution in [2.45, 2.75) is 94.5 Å². The fourth-order valence-corrected chi connectivity index (χ4v) is 3.94. The summed E-state index contributed by atoms with van der Waals surface area (Å²) in [6.07, 6.45) is 2.58. The molecule has 0 radical (unpaired) electrons. The molecular weight excluding hydrogens is 358 g/mol. The Morgan fingerprint density at radius 3 is 1.07 bits per heavy atom. The Morgan fingerprint density at radius 2 is 0.889 bits per heavy atom. The van der Waals surface area contributed by atoms with Gasteiger partial charge in [0.2, 0.25) is 0 Å². The van der Waals surface area contributed by atoms with Crippen molar-refractivity contribution in [3.05, 3.63) is 0 Å². The zero-order valence-corrected chi connectivity index (χ0v) is 20.1. The highest BCUT2D eigenvalue weighted by molar-refractivity contribution is 6.60. The Kier molecular flexibility index (Phi) is 12.3. The molecule has 0 aromatic rings. The Labute approximate surface area is 167 Å². The van der Waals surface area contributed by atoms with Gasteiger partial charge in [0.25, 0.3) is 0 Å². The van der Waals surface area contributed by atoms with Crippen molar-refractivity contribution in [2.75, 3.05) is 0 Å². The zero-order valence-electron chi connectivity index (χ0n) is 19.1. The van der Waals surface area contributed by atoms with Crippen LogP contribution >= 0.6 is 0 Å². The van der Waals surface area contributed by atoms with Crippen LogP contribution in [0.25, 0.3) is 0 Å². The third kappa shape index (κ3) is 12.6. The van der Waals surface area contributed by atoms with Crippen LogP contribution in [0.4, 0.5) is 0 Å². The fourth-order valence-electron chi connectivity index (χ4n) is 2.57. The molecule has 0 aliphatic heterocycles. The number of rotatable bonds is 13. The zero-order chi connectivity index (χ0) is 21.0. The highest BCUT2D eigenvalue weighted by Crippen LogP contribution is 2.19. The maximum absolute atomic E-state index is 5.82. The second-order valence-electron chi connectivity index (χ2n) is 8.58. The van der Waals surface area contributed by atoms with E-state index in [4.69, 9.17) is 13.6 Å². The van der Waals surface area contributed by atoms with E-state index in [1.807, 2.05) is 27.7 Å². The SMILES string of the molecule is CC[Si](ON=C(C)CC(C)C)(ON=C(C)CC(C)C)ON=C(C)CC(C)C. The lowest BCUT2D eigenvalue weighted by molar-refractivity contribution is 0.0663. The average Bonchev–Trinajstić information content (AvgIpc) is 2.52. The van der Waals surface area contributed by atoms with Gasteiger partial charge in [-0.3, -0.25) is 0 Å². The van der Waals surface area contributed by atoms with E-state index in [1.54, 1.807) is 0 Å². The fraction of sp³-hybridized carbons (Fsp3) is 0.850. The first-order valence-corrected chi connectivity index (χ1v) is 12.1. The molecule has 0 N–H and O–H groups in total. The topological polar surface area (TPSA) is 64.8 Å². The van der Waals surface area contributed by atoms with Gasteiger partial charge in [-0.05, 0) is 57.8 Å². The normalized spacial score (nSPS) is 16.1. The van der Waals surface area contributed by atoms with E-state index in [9.17, 15) is 0 Å². The second kappa shape index (κ2) is 12.9. The molecule has 0 aromatic heterocycles. The molecule has 0 aliphatic carbocycles. The number of hydrogen-bond acceptors (Lipinski definition) is 6. The molecule has 0 rings (SSSR count). The third-order valence-corrected chi connectivity index (χ3v) is 5.54. The van der Waals surface area contributed by atoms with Gasteiger partial charge in [0, 0.05) is 0 Å². The van der Waals surface area contributed by atoms with E-state index in [2.05, 4.69) is 57.0 Å². The van der Waals surface area contributed by atoms with Crippen LogP contribution in [-0.4, -0.2) is 25.9 Å². The molecular formula is C20H41N3O3Si. The maximum Gasteiger partial charge on any atom is 0.762 e.